The van der Waals surface area contributed by atoms with Gasteiger partial charge in [-0.2, -0.15) is 5.10 Å². The van der Waals surface area contributed by atoms with Crippen molar-refractivity contribution in [3.8, 4) is 5.75 Å². The molecule has 1 fully saturated rings. The van der Waals surface area contributed by atoms with Crippen molar-refractivity contribution in [1.82, 2.24) is 4.90 Å². The van der Waals surface area contributed by atoms with Gasteiger partial charge in [0.25, 0.3) is 0 Å². The molecule has 2 rings (SSSR count). The van der Waals surface area contributed by atoms with E-state index in [0.717, 1.165) is 31.3 Å². The van der Waals surface area contributed by atoms with Crippen molar-refractivity contribution >= 4 is 12.0 Å². The smallest absolute Gasteiger partial charge is 0.190 e. The van der Waals surface area contributed by atoms with Crippen LogP contribution in [0.15, 0.2) is 29.4 Å². The number of ether oxygens (including phenoxy) is 1. The highest BCUT2D eigenvalue weighted by Gasteiger charge is 2.19. The van der Waals surface area contributed by atoms with E-state index in [1.165, 1.54) is 18.9 Å². The first-order valence-corrected chi connectivity index (χ1v) is 8.32. The third-order valence-corrected chi connectivity index (χ3v) is 4.29. The lowest BCUT2D eigenvalue weighted by Crippen LogP contribution is -2.28. The Morgan fingerprint density at radius 2 is 2.16 bits per heavy atom. The molecular formula is C18H23F2N3O2. The van der Waals surface area contributed by atoms with Crippen LogP contribution in [0.25, 0.3) is 0 Å². The van der Waals surface area contributed by atoms with E-state index in [0.29, 0.717) is 18.7 Å². The predicted octanol–water partition coefficient (Wildman–Crippen LogP) is 2.64. The standard InChI is InChI=1S/C18H23F2N3O2/c1-13-5-2-7-23(13)8-4-10-25-18-15(19)11-14(12-16(18)20)17(22-21)6-3-9-24/h3,6,9,11-13H,2,4-5,7-8,10,21H2,1H3/b6-3-,22-17+/t13-/m1/s1. The number of likely N-dealkylation sites (tertiary alicyclic amines) is 1. The molecule has 136 valence electrons. The number of hydrogen-bond donors (Lipinski definition) is 1. The zero-order valence-electron chi connectivity index (χ0n) is 14.3. The van der Waals surface area contributed by atoms with E-state index < -0.39 is 17.4 Å². The van der Waals surface area contributed by atoms with Crippen molar-refractivity contribution in [3.63, 3.8) is 0 Å². The first-order chi connectivity index (χ1) is 12.1. The van der Waals surface area contributed by atoms with Crippen molar-refractivity contribution in [2.24, 2.45) is 10.9 Å². The highest BCUT2D eigenvalue weighted by atomic mass is 19.1. The molecule has 1 aromatic carbocycles. The van der Waals surface area contributed by atoms with Crippen LogP contribution in [0.2, 0.25) is 0 Å². The number of nitrogens with zero attached hydrogens (tertiary/aromatic N) is 2. The highest BCUT2D eigenvalue weighted by molar-refractivity contribution is 6.09. The van der Waals surface area contributed by atoms with Crippen molar-refractivity contribution in [2.45, 2.75) is 32.2 Å². The van der Waals surface area contributed by atoms with Gasteiger partial charge in [-0.15, -0.1) is 0 Å². The number of carbonyl (C=O) groups excluding carboxylic acids is 1. The Balaban J connectivity index is 1.97. The average molecular weight is 351 g/mol. The lowest BCUT2D eigenvalue weighted by Gasteiger charge is -2.20. The van der Waals surface area contributed by atoms with Crippen LogP contribution in [0, 0.1) is 11.6 Å². The number of hydrogen-bond acceptors (Lipinski definition) is 5. The Labute approximate surface area is 146 Å². The zero-order valence-corrected chi connectivity index (χ0v) is 14.3. The third-order valence-electron chi connectivity index (χ3n) is 4.29. The Kier molecular flexibility index (Phi) is 7.06. The van der Waals surface area contributed by atoms with Crippen molar-refractivity contribution < 1.29 is 18.3 Å². The molecule has 0 aromatic heterocycles. The maximum atomic E-state index is 14.2. The van der Waals surface area contributed by atoms with Crippen LogP contribution in [-0.2, 0) is 4.79 Å². The summed E-state index contributed by atoms with van der Waals surface area (Å²) in [6, 6.07) is 2.73. The van der Waals surface area contributed by atoms with Gasteiger partial charge < -0.3 is 15.5 Å². The van der Waals surface area contributed by atoms with Gasteiger partial charge in [-0.1, -0.05) is 0 Å². The number of benzene rings is 1. The van der Waals surface area contributed by atoms with Gasteiger partial charge in [-0.25, -0.2) is 8.78 Å². The van der Waals surface area contributed by atoms with E-state index in [4.69, 9.17) is 10.6 Å². The largest absolute Gasteiger partial charge is 0.488 e. The molecule has 1 aromatic rings. The molecule has 0 unspecified atom stereocenters. The highest BCUT2D eigenvalue weighted by Crippen LogP contribution is 2.24. The molecule has 0 radical (unpaired) electrons. The second-order valence-electron chi connectivity index (χ2n) is 6.01. The van der Waals surface area contributed by atoms with E-state index >= 15 is 0 Å². The second kappa shape index (κ2) is 9.27. The first-order valence-electron chi connectivity index (χ1n) is 8.32. The minimum absolute atomic E-state index is 0.0967. The zero-order chi connectivity index (χ0) is 18.2. The van der Waals surface area contributed by atoms with Crippen LogP contribution in [0.5, 0.6) is 5.75 Å². The molecule has 7 heteroatoms. The predicted molar refractivity (Wildman–Crippen MR) is 92.7 cm³/mol. The fourth-order valence-corrected chi connectivity index (χ4v) is 2.96. The minimum atomic E-state index is -0.829. The van der Waals surface area contributed by atoms with Crippen LogP contribution in [0.1, 0.15) is 31.7 Å². The van der Waals surface area contributed by atoms with Gasteiger partial charge in [0, 0.05) is 18.2 Å². The molecule has 0 bridgehead atoms. The normalized spacial score (nSPS) is 18.8. The molecule has 2 N–H and O–H groups in total. The summed E-state index contributed by atoms with van der Waals surface area (Å²) in [5.74, 6) is 3.13. The fraction of sp³-hybridized carbons (Fsp3) is 0.444. The van der Waals surface area contributed by atoms with E-state index in [1.54, 1.807) is 0 Å². The van der Waals surface area contributed by atoms with Gasteiger partial charge >= 0.3 is 0 Å². The van der Waals surface area contributed by atoms with Gasteiger partial charge in [-0.05, 0) is 57.0 Å². The summed E-state index contributed by atoms with van der Waals surface area (Å²) in [5, 5.41) is 3.43. The molecule has 1 saturated heterocycles. The molecule has 1 heterocycles. The number of carbonyl (C=O) groups is 1. The van der Waals surface area contributed by atoms with Crippen molar-refractivity contribution in [1.29, 1.82) is 0 Å². The van der Waals surface area contributed by atoms with Crippen LogP contribution in [0.4, 0.5) is 8.78 Å². The third kappa shape index (κ3) is 5.09. The first kappa shape index (κ1) is 19.1. The Hall–Kier alpha value is -2.28. The van der Waals surface area contributed by atoms with Crippen LogP contribution in [0.3, 0.4) is 0 Å². The molecule has 0 spiro atoms. The summed E-state index contributed by atoms with van der Waals surface area (Å²) in [6.45, 7) is 4.33. The van der Waals surface area contributed by atoms with Crippen LogP contribution < -0.4 is 10.6 Å². The van der Waals surface area contributed by atoms with Gasteiger partial charge in [0.1, 0.15) is 6.29 Å². The number of halogens is 2. The topological polar surface area (TPSA) is 67.9 Å². The van der Waals surface area contributed by atoms with Gasteiger partial charge in [-0.3, -0.25) is 4.79 Å². The monoisotopic (exact) mass is 351 g/mol. The van der Waals surface area contributed by atoms with Gasteiger partial charge in [0.2, 0.25) is 0 Å². The molecule has 0 aliphatic carbocycles. The quantitative estimate of drug-likeness (QED) is 0.195. The number of hydrazone groups is 1. The van der Waals surface area contributed by atoms with Crippen LogP contribution in [-0.4, -0.2) is 42.6 Å². The summed E-state index contributed by atoms with van der Waals surface area (Å²) in [6.07, 6.45) is 6.02. The maximum Gasteiger partial charge on any atom is 0.190 e. The summed E-state index contributed by atoms with van der Waals surface area (Å²) >= 11 is 0. The molecular weight excluding hydrogens is 328 g/mol. The Morgan fingerprint density at radius 1 is 1.44 bits per heavy atom. The number of aldehydes is 1. The molecule has 1 atom stereocenters. The summed E-state index contributed by atoms with van der Waals surface area (Å²) in [5.41, 5.74) is 0.230. The fourth-order valence-electron chi connectivity index (χ4n) is 2.96. The van der Waals surface area contributed by atoms with E-state index in [1.807, 2.05) is 0 Å². The van der Waals surface area contributed by atoms with Gasteiger partial charge in [0.15, 0.2) is 17.4 Å². The average Bonchev–Trinajstić information content (AvgIpc) is 2.99. The second-order valence-corrected chi connectivity index (χ2v) is 6.01. The maximum absolute atomic E-state index is 14.2. The summed E-state index contributed by atoms with van der Waals surface area (Å²) in [4.78, 5) is 12.7. The molecule has 0 saturated carbocycles. The van der Waals surface area contributed by atoms with Gasteiger partial charge in [0.05, 0.1) is 12.3 Å². The Bertz CT molecular complexity index is 639. The number of nitrogens with two attached hydrogens (primary N) is 1. The van der Waals surface area contributed by atoms with Crippen molar-refractivity contribution in [2.75, 3.05) is 19.7 Å². The molecule has 5 nitrogen and oxygen atoms in total. The minimum Gasteiger partial charge on any atom is -0.488 e. The van der Waals surface area contributed by atoms with E-state index in [9.17, 15) is 13.6 Å². The molecule has 1 aliphatic rings. The number of rotatable bonds is 8. The summed E-state index contributed by atoms with van der Waals surface area (Å²) in [7, 11) is 0. The SMILES string of the molecule is C[C@@H]1CCCN1CCCOc1c(F)cc(C(/C=C\C=O)=N/N)cc1F. The number of allylic oxidation sites excluding steroid dienone is 2. The molecule has 25 heavy (non-hydrogen) atoms. The van der Waals surface area contributed by atoms with E-state index in [2.05, 4.69) is 16.9 Å². The van der Waals surface area contributed by atoms with Crippen LogP contribution >= 0.6 is 0 Å². The molecule has 0 amide bonds. The van der Waals surface area contributed by atoms with E-state index in [-0.39, 0.29) is 17.9 Å². The molecule has 1 aliphatic heterocycles. The lowest BCUT2D eigenvalue weighted by atomic mass is 10.1. The Morgan fingerprint density at radius 3 is 2.72 bits per heavy atom. The summed E-state index contributed by atoms with van der Waals surface area (Å²) < 4.78 is 33.6. The lowest BCUT2D eigenvalue weighted by molar-refractivity contribution is -0.104. The van der Waals surface area contributed by atoms with Crippen molar-refractivity contribution in [3.05, 3.63) is 41.5 Å².